The number of rotatable bonds is 10. The highest BCUT2D eigenvalue weighted by molar-refractivity contribution is 7.88. The molecule has 1 aromatic carbocycles. The second-order valence-corrected chi connectivity index (χ2v) is 12.0. The fourth-order valence-corrected chi connectivity index (χ4v) is 6.33. The maximum absolute atomic E-state index is 13.5. The van der Waals surface area contributed by atoms with E-state index in [1.807, 2.05) is 19.9 Å². The van der Waals surface area contributed by atoms with Crippen molar-refractivity contribution in [3.8, 4) is 0 Å². The molecule has 1 aromatic rings. The van der Waals surface area contributed by atoms with Crippen molar-refractivity contribution in [1.82, 2.24) is 14.9 Å². The lowest BCUT2D eigenvalue weighted by atomic mass is 9.86. The summed E-state index contributed by atoms with van der Waals surface area (Å²) >= 11 is 0. The lowest BCUT2D eigenvalue weighted by Crippen LogP contribution is -2.54. The van der Waals surface area contributed by atoms with E-state index in [2.05, 4.69) is 10.0 Å². The number of nitrogens with one attached hydrogen (secondary N) is 2. The van der Waals surface area contributed by atoms with Crippen LogP contribution in [0, 0.1) is 11.8 Å². The van der Waals surface area contributed by atoms with Gasteiger partial charge in [0.25, 0.3) is 0 Å². The van der Waals surface area contributed by atoms with E-state index in [4.69, 9.17) is 5.73 Å². The Bertz CT molecular complexity index is 914. The molecule has 2 atom stereocenters. The number of amides is 2. The van der Waals surface area contributed by atoms with Crippen LogP contribution in [0.2, 0.25) is 0 Å². The molecule has 0 bridgehead atoms. The summed E-state index contributed by atoms with van der Waals surface area (Å²) in [6, 6.07) is 7.73. The predicted molar refractivity (Wildman–Crippen MR) is 133 cm³/mol. The molecule has 9 heteroatoms. The van der Waals surface area contributed by atoms with Crippen LogP contribution >= 0.6 is 0 Å². The van der Waals surface area contributed by atoms with Crippen LogP contribution in [0.3, 0.4) is 0 Å². The molecule has 1 heterocycles. The number of nitrogens with zero attached hydrogens (tertiary/aromatic N) is 1. The summed E-state index contributed by atoms with van der Waals surface area (Å²) in [5, 5.41) is 3.04. The Morgan fingerprint density at radius 3 is 2.41 bits per heavy atom. The van der Waals surface area contributed by atoms with E-state index in [1.165, 1.54) is 0 Å². The quantitative estimate of drug-likeness (QED) is 0.462. The average Bonchev–Trinajstić information content (AvgIpc) is 3.27. The molecular weight excluding hydrogens is 452 g/mol. The number of likely N-dealkylation sites (tertiary alicyclic amines) is 1. The second-order valence-electron chi connectivity index (χ2n) is 10.3. The molecule has 0 unspecified atom stereocenters. The van der Waals surface area contributed by atoms with E-state index >= 15 is 0 Å². The van der Waals surface area contributed by atoms with Crippen LogP contribution in [0.25, 0.3) is 0 Å². The fraction of sp³-hybridized carbons (Fsp3) is 0.680. The Kier molecular flexibility index (Phi) is 9.50. The minimum absolute atomic E-state index is 0.112. The number of carbonyl (C=O) groups excluding carboxylic acids is 2. The van der Waals surface area contributed by atoms with Gasteiger partial charge in [0.1, 0.15) is 12.1 Å². The van der Waals surface area contributed by atoms with Crippen LogP contribution < -0.4 is 15.8 Å². The molecule has 8 nitrogen and oxygen atoms in total. The first-order valence-corrected chi connectivity index (χ1v) is 14.2. The van der Waals surface area contributed by atoms with Gasteiger partial charge in [0, 0.05) is 19.1 Å². The average molecular weight is 493 g/mol. The molecule has 190 valence electrons. The number of benzene rings is 1. The normalized spacial score (nSPS) is 24.2. The number of hydrogen-bond donors (Lipinski definition) is 3. The molecule has 1 aliphatic heterocycles. The Morgan fingerprint density at radius 1 is 1.09 bits per heavy atom. The van der Waals surface area contributed by atoms with Crippen molar-refractivity contribution in [2.45, 2.75) is 82.7 Å². The maximum Gasteiger partial charge on any atom is 0.242 e. The molecule has 34 heavy (non-hydrogen) atoms. The smallest absolute Gasteiger partial charge is 0.242 e. The van der Waals surface area contributed by atoms with Gasteiger partial charge in [-0.2, -0.15) is 0 Å². The molecule has 2 aliphatic rings. The number of nitrogens with two attached hydrogens (primary N) is 1. The Morgan fingerprint density at radius 2 is 1.76 bits per heavy atom. The standard InChI is InChI=1S/C25H40N4O4S/c1-18(2)15-22(28-34(32,33)17-20-7-4-3-5-8-20)25(31)29-14-6-9-23(29)24(30)27-16-19-10-12-21(26)13-11-19/h3-5,7-8,18-19,21-23,28H,6,9-17,26H2,1-2H3,(H,27,30)/t19?,21?,22-,23+/m1/s1. The van der Waals surface area contributed by atoms with Gasteiger partial charge in [-0.3, -0.25) is 9.59 Å². The zero-order chi connectivity index (χ0) is 24.7. The molecule has 0 radical (unpaired) electrons. The van der Waals surface area contributed by atoms with Gasteiger partial charge >= 0.3 is 0 Å². The highest BCUT2D eigenvalue weighted by atomic mass is 32.2. The summed E-state index contributed by atoms with van der Waals surface area (Å²) in [5.74, 6) is -0.110. The highest BCUT2D eigenvalue weighted by Gasteiger charge is 2.38. The van der Waals surface area contributed by atoms with Crippen LogP contribution in [0.5, 0.6) is 0 Å². The van der Waals surface area contributed by atoms with Crippen molar-refractivity contribution >= 4 is 21.8 Å². The molecule has 1 saturated carbocycles. The molecule has 3 rings (SSSR count). The summed E-state index contributed by atoms with van der Waals surface area (Å²) < 4.78 is 28.3. The van der Waals surface area contributed by atoms with E-state index in [9.17, 15) is 18.0 Å². The Hall–Kier alpha value is -1.97. The fourth-order valence-electron chi connectivity index (χ4n) is 4.98. The number of carbonyl (C=O) groups is 2. The van der Waals surface area contributed by atoms with Crippen LogP contribution in [0.1, 0.15) is 64.4 Å². The zero-order valence-corrected chi connectivity index (χ0v) is 21.2. The molecular formula is C25H40N4O4S. The largest absolute Gasteiger partial charge is 0.354 e. The van der Waals surface area contributed by atoms with Gasteiger partial charge in [0.15, 0.2) is 0 Å². The van der Waals surface area contributed by atoms with E-state index in [0.29, 0.717) is 37.4 Å². The van der Waals surface area contributed by atoms with Gasteiger partial charge in [0.05, 0.1) is 5.75 Å². The van der Waals surface area contributed by atoms with E-state index < -0.39 is 22.1 Å². The van der Waals surface area contributed by atoms with Gasteiger partial charge in [-0.15, -0.1) is 0 Å². The third kappa shape index (κ3) is 7.78. The maximum atomic E-state index is 13.5. The van der Waals surface area contributed by atoms with Crippen molar-refractivity contribution in [2.75, 3.05) is 13.1 Å². The second kappa shape index (κ2) is 12.1. The predicted octanol–water partition coefficient (Wildman–Crippen LogP) is 2.15. The first-order valence-electron chi connectivity index (χ1n) is 12.5. The molecule has 0 spiro atoms. The lowest BCUT2D eigenvalue weighted by molar-refractivity contribution is -0.140. The highest BCUT2D eigenvalue weighted by Crippen LogP contribution is 2.24. The van der Waals surface area contributed by atoms with Crippen molar-refractivity contribution in [3.63, 3.8) is 0 Å². The van der Waals surface area contributed by atoms with Gasteiger partial charge in [-0.1, -0.05) is 44.2 Å². The lowest BCUT2D eigenvalue weighted by Gasteiger charge is -2.30. The monoisotopic (exact) mass is 492 g/mol. The minimum Gasteiger partial charge on any atom is -0.354 e. The van der Waals surface area contributed by atoms with Gasteiger partial charge in [0.2, 0.25) is 21.8 Å². The van der Waals surface area contributed by atoms with Crippen molar-refractivity contribution in [2.24, 2.45) is 17.6 Å². The molecule has 2 amide bonds. The third-order valence-corrected chi connectivity index (χ3v) is 8.18. The summed E-state index contributed by atoms with van der Waals surface area (Å²) in [5.41, 5.74) is 6.63. The summed E-state index contributed by atoms with van der Waals surface area (Å²) in [7, 11) is -3.73. The van der Waals surface area contributed by atoms with Crippen LogP contribution in [0.15, 0.2) is 30.3 Å². The van der Waals surface area contributed by atoms with E-state index in [1.54, 1.807) is 29.2 Å². The minimum atomic E-state index is -3.73. The van der Waals surface area contributed by atoms with Crippen molar-refractivity contribution in [3.05, 3.63) is 35.9 Å². The summed E-state index contributed by atoms with van der Waals surface area (Å²) in [4.78, 5) is 28.0. The van der Waals surface area contributed by atoms with Gasteiger partial charge < -0.3 is 16.0 Å². The Labute approximate surface area is 204 Å². The molecule has 4 N–H and O–H groups in total. The van der Waals surface area contributed by atoms with Gasteiger partial charge in [-0.25, -0.2) is 13.1 Å². The first-order chi connectivity index (χ1) is 16.1. The molecule has 1 aliphatic carbocycles. The number of sulfonamides is 1. The third-order valence-electron chi connectivity index (χ3n) is 6.82. The Balaban J connectivity index is 1.63. The van der Waals surface area contributed by atoms with Crippen molar-refractivity contribution < 1.29 is 18.0 Å². The van der Waals surface area contributed by atoms with E-state index in [0.717, 1.165) is 32.1 Å². The van der Waals surface area contributed by atoms with Crippen LogP contribution in [-0.2, 0) is 25.4 Å². The topological polar surface area (TPSA) is 122 Å². The zero-order valence-electron chi connectivity index (χ0n) is 20.4. The van der Waals surface area contributed by atoms with E-state index in [-0.39, 0.29) is 29.5 Å². The first kappa shape index (κ1) is 26.6. The number of hydrogen-bond acceptors (Lipinski definition) is 5. The SMILES string of the molecule is CC(C)C[C@@H](NS(=O)(=O)Cc1ccccc1)C(=O)N1CCC[C@H]1C(=O)NCC1CCC(N)CC1. The molecule has 1 saturated heterocycles. The van der Waals surface area contributed by atoms with Crippen LogP contribution in [0.4, 0.5) is 0 Å². The summed E-state index contributed by atoms with van der Waals surface area (Å²) in [6.45, 7) is 4.97. The summed E-state index contributed by atoms with van der Waals surface area (Å²) in [6.07, 6.45) is 5.68. The van der Waals surface area contributed by atoms with Crippen molar-refractivity contribution in [1.29, 1.82) is 0 Å². The van der Waals surface area contributed by atoms with Crippen LogP contribution in [-0.4, -0.2) is 56.3 Å². The van der Waals surface area contributed by atoms with Gasteiger partial charge in [-0.05, 0) is 62.3 Å². The molecule has 0 aromatic heterocycles. The molecule has 2 fully saturated rings.